The Morgan fingerprint density at radius 3 is 2.79 bits per heavy atom. The summed E-state index contributed by atoms with van der Waals surface area (Å²) >= 11 is 0. The number of hydrogen-bond acceptors (Lipinski definition) is 3. The van der Waals surface area contributed by atoms with Crippen LogP contribution in [-0.4, -0.2) is 28.4 Å². The molecule has 3 heterocycles. The third-order valence-corrected chi connectivity index (χ3v) is 6.17. The maximum absolute atomic E-state index is 13.4. The van der Waals surface area contributed by atoms with E-state index in [4.69, 9.17) is 4.42 Å². The maximum atomic E-state index is 13.4. The van der Waals surface area contributed by atoms with Gasteiger partial charge in [0.2, 0.25) is 0 Å². The van der Waals surface area contributed by atoms with Crippen molar-refractivity contribution in [1.82, 2.24) is 9.88 Å². The summed E-state index contributed by atoms with van der Waals surface area (Å²) < 4.78 is 6.13. The van der Waals surface area contributed by atoms with Gasteiger partial charge in [0, 0.05) is 35.4 Å². The highest BCUT2D eigenvalue weighted by molar-refractivity contribution is 6.00. The first-order valence-corrected chi connectivity index (χ1v) is 10.3. The van der Waals surface area contributed by atoms with E-state index in [1.54, 1.807) is 0 Å². The van der Waals surface area contributed by atoms with Crippen molar-refractivity contribution in [2.24, 2.45) is 0 Å². The summed E-state index contributed by atoms with van der Waals surface area (Å²) in [5.41, 5.74) is 5.20. The average molecular weight is 377 g/mol. The Kier molecular flexibility index (Phi) is 5.21. The number of likely N-dealkylation sites (tertiary alicyclic amines) is 1. The van der Waals surface area contributed by atoms with Crippen LogP contribution in [0.4, 0.5) is 0 Å². The number of hydrogen-bond donors (Lipinski definition) is 0. The highest BCUT2D eigenvalue weighted by atomic mass is 16.3. The van der Waals surface area contributed by atoms with Gasteiger partial charge < -0.3 is 9.32 Å². The molecule has 4 nitrogen and oxygen atoms in total. The number of pyridine rings is 1. The van der Waals surface area contributed by atoms with Gasteiger partial charge in [0.15, 0.2) is 5.76 Å². The Morgan fingerprint density at radius 1 is 1.14 bits per heavy atom. The molecule has 4 rings (SSSR count). The Balaban J connectivity index is 1.59. The molecule has 1 fully saturated rings. The lowest BCUT2D eigenvalue weighted by Gasteiger charge is -2.35. The molecular weight excluding hydrogens is 348 g/mol. The number of benzene rings is 1. The molecule has 0 bridgehead atoms. The molecule has 0 N–H and O–H groups in total. The Bertz CT molecular complexity index is 991. The van der Waals surface area contributed by atoms with Crippen LogP contribution in [0.2, 0.25) is 0 Å². The SMILES string of the molecule is Cc1ccc2c(C)c(C(=O)N3CCCC[C@H]3CCc3ccccn3)oc2c1C. The predicted molar refractivity (Wildman–Crippen MR) is 112 cm³/mol. The van der Waals surface area contributed by atoms with Crippen molar-refractivity contribution in [2.45, 2.75) is 58.9 Å². The van der Waals surface area contributed by atoms with Crippen LogP contribution < -0.4 is 0 Å². The van der Waals surface area contributed by atoms with E-state index in [2.05, 4.69) is 37.0 Å². The minimum absolute atomic E-state index is 0.0384. The van der Waals surface area contributed by atoms with Crippen molar-refractivity contribution < 1.29 is 9.21 Å². The molecular formula is C24H28N2O2. The van der Waals surface area contributed by atoms with E-state index in [9.17, 15) is 4.79 Å². The van der Waals surface area contributed by atoms with E-state index in [-0.39, 0.29) is 11.9 Å². The molecule has 4 heteroatoms. The number of furan rings is 1. The van der Waals surface area contributed by atoms with Crippen LogP contribution >= 0.6 is 0 Å². The largest absolute Gasteiger partial charge is 0.450 e. The van der Waals surface area contributed by atoms with E-state index in [0.29, 0.717) is 5.76 Å². The van der Waals surface area contributed by atoms with Crippen molar-refractivity contribution in [3.63, 3.8) is 0 Å². The molecule has 28 heavy (non-hydrogen) atoms. The van der Waals surface area contributed by atoms with Crippen molar-refractivity contribution in [1.29, 1.82) is 0 Å². The van der Waals surface area contributed by atoms with Gasteiger partial charge in [-0.2, -0.15) is 0 Å². The fourth-order valence-electron chi connectivity index (χ4n) is 4.28. The first-order valence-electron chi connectivity index (χ1n) is 10.3. The van der Waals surface area contributed by atoms with E-state index >= 15 is 0 Å². The lowest BCUT2D eigenvalue weighted by molar-refractivity contribution is 0.0570. The van der Waals surface area contributed by atoms with Gasteiger partial charge in [0.1, 0.15) is 5.58 Å². The van der Waals surface area contributed by atoms with Crippen molar-refractivity contribution >= 4 is 16.9 Å². The number of amides is 1. The quantitative estimate of drug-likeness (QED) is 0.614. The van der Waals surface area contributed by atoms with Crippen LogP contribution in [-0.2, 0) is 6.42 Å². The molecule has 1 amide bonds. The molecule has 1 aliphatic heterocycles. The number of nitrogens with zero attached hydrogens (tertiary/aromatic N) is 2. The van der Waals surface area contributed by atoms with Crippen LogP contribution in [0.3, 0.4) is 0 Å². The molecule has 3 aromatic rings. The highest BCUT2D eigenvalue weighted by Crippen LogP contribution is 2.32. The van der Waals surface area contributed by atoms with Gasteiger partial charge in [-0.3, -0.25) is 9.78 Å². The summed E-state index contributed by atoms with van der Waals surface area (Å²) in [5.74, 6) is 0.546. The van der Waals surface area contributed by atoms with Crippen molar-refractivity contribution in [3.05, 3.63) is 64.7 Å². The number of aromatic nitrogens is 1. The summed E-state index contributed by atoms with van der Waals surface area (Å²) in [6.45, 7) is 6.94. The summed E-state index contributed by atoms with van der Waals surface area (Å²) in [6.07, 6.45) is 6.96. The standard InChI is InChI=1S/C24H28N2O2/c1-16-10-13-21-18(3)23(28-22(21)17(16)2)24(27)26-15-7-5-9-20(26)12-11-19-8-4-6-14-25-19/h4,6,8,10,13-14,20H,5,7,9,11-12,15H2,1-3H3/t20-/m0/s1. The molecule has 146 valence electrons. The molecule has 0 spiro atoms. The predicted octanol–water partition coefficient (Wildman–Crippen LogP) is 5.38. The third-order valence-electron chi connectivity index (χ3n) is 6.17. The number of carbonyl (C=O) groups excluding carboxylic acids is 1. The Labute approximate surface area is 166 Å². The van der Waals surface area contributed by atoms with E-state index < -0.39 is 0 Å². The van der Waals surface area contributed by atoms with Gasteiger partial charge in [0.05, 0.1) is 0 Å². The fourth-order valence-corrected chi connectivity index (χ4v) is 4.28. The number of fused-ring (bicyclic) bond motifs is 1. The molecule has 0 aliphatic carbocycles. The van der Waals surface area contributed by atoms with E-state index in [1.807, 2.05) is 30.2 Å². The van der Waals surface area contributed by atoms with Gasteiger partial charge >= 0.3 is 0 Å². The van der Waals surface area contributed by atoms with Gasteiger partial charge in [-0.15, -0.1) is 0 Å². The van der Waals surface area contributed by atoms with Gasteiger partial charge in [0.25, 0.3) is 5.91 Å². The number of piperidine rings is 1. The van der Waals surface area contributed by atoms with Crippen LogP contribution in [0.5, 0.6) is 0 Å². The van der Waals surface area contributed by atoms with Crippen LogP contribution in [0.15, 0.2) is 40.9 Å². The molecule has 1 aliphatic rings. The van der Waals surface area contributed by atoms with E-state index in [1.165, 1.54) is 12.0 Å². The zero-order chi connectivity index (χ0) is 19.7. The average Bonchev–Trinajstić information content (AvgIpc) is 3.07. The number of rotatable bonds is 4. The minimum atomic E-state index is 0.0384. The van der Waals surface area contributed by atoms with Gasteiger partial charge in [-0.25, -0.2) is 0 Å². The van der Waals surface area contributed by atoms with Crippen LogP contribution in [0.25, 0.3) is 11.0 Å². The Hall–Kier alpha value is -2.62. The zero-order valence-corrected chi connectivity index (χ0v) is 17.0. The molecule has 0 radical (unpaired) electrons. The topological polar surface area (TPSA) is 46.3 Å². The normalized spacial score (nSPS) is 17.2. The van der Waals surface area contributed by atoms with Crippen molar-refractivity contribution in [2.75, 3.05) is 6.54 Å². The zero-order valence-electron chi connectivity index (χ0n) is 17.0. The molecule has 0 saturated carbocycles. The van der Waals surface area contributed by atoms with Crippen LogP contribution in [0.1, 0.15) is 58.6 Å². The van der Waals surface area contributed by atoms with Gasteiger partial charge in [-0.05, 0) is 76.1 Å². The lowest BCUT2D eigenvalue weighted by atomic mass is 9.96. The van der Waals surface area contributed by atoms with E-state index in [0.717, 1.165) is 60.0 Å². The van der Waals surface area contributed by atoms with Gasteiger partial charge in [-0.1, -0.05) is 18.2 Å². The van der Waals surface area contributed by atoms with Crippen molar-refractivity contribution in [3.8, 4) is 0 Å². The summed E-state index contributed by atoms with van der Waals surface area (Å²) in [4.78, 5) is 19.9. The minimum Gasteiger partial charge on any atom is -0.450 e. The lowest BCUT2D eigenvalue weighted by Crippen LogP contribution is -2.44. The smallest absolute Gasteiger partial charge is 0.290 e. The monoisotopic (exact) mass is 376 g/mol. The molecule has 0 unspecified atom stereocenters. The molecule has 1 aromatic carbocycles. The maximum Gasteiger partial charge on any atom is 0.290 e. The second-order valence-corrected chi connectivity index (χ2v) is 7.95. The second-order valence-electron chi connectivity index (χ2n) is 7.95. The van der Waals surface area contributed by atoms with Crippen LogP contribution in [0, 0.1) is 20.8 Å². The molecule has 1 saturated heterocycles. The molecule has 1 atom stereocenters. The fraction of sp³-hybridized carbons (Fsp3) is 0.417. The summed E-state index contributed by atoms with van der Waals surface area (Å²) in [7, 11) is 0. The Morgan fingerprint density at radius 2 is 2.00 bits per heavy atom. The number of carbonyl (C=O) groups is 1. The molecule has 2 aromatic heterocycles. The second kappa shape index (κ2) is 7.78. The number of aryl methyl sites for hydroxylation is 4. The highest BCUT2D eigenvalue weighted by Gasteiger charge is 2.31. The summed E-state index contributed by atoms with van der Waals surface area (Å²) in [5, 5.41) is 1.05. The third kappa shape index (κ3) is 3.44. The first kappa shape index (κ1) is 18.7. The summed E-state index contributed by atoms with van der Waals surface area (Å²) in [6, 6.07) is 10.4. The first-order chi connectivity index (χ1) is 13.6.